The normalized spacial score (nSPS) is 29.6. The first-order valence-corrected chi connectivity index (χ1v) is 8.76. The molecule has 1 unspecified atom stereocenters. The average molecular weight is 312 g/mol. The van der Waals surface area contributed by atoms with E-state index >= 15 is 0 Å². The van der Waals surface area contributed by atoms with Gasteiger partial charge in [0.15, 0.2) is 0 Å². The number of hydrogen-bond donors (Lipinski definition) is 2. The third-order valence-electron chi connectivity index (χ3n) is 4.61. The molecule has 5 nitrogen and oxygen atoms in total. The van der Waals surface area contributed by atoms with Gasteiger partial charge in [0.25, 0.3) is 0 Å². The van der Waals surface area contributed by atoms with Crippen LogP contribution in [-0.2, 0) is 4.74 Å². The molecule has 1 atom stereocenters. The number of hydrogen-bond acceptors (Lipinski definition) is 4. The van der Waals surface area contributed by atoms with Gasteiger partial charge in [-0.2, -0.15) is 0 Å². The first-order valence-electron chi connectivity index (χ1n) is 8.76. The van der Waals surface area contributed by atoms with E-state index in [2.05, 4.69) is 5.32 Å². The van der Waals surface area contributed by atoms with Gasteiger partial charge < -0.3 is 20.1 Å². The van der Waals surface area contributed by atoms with E-state index in [9.17, 15) is 9.90 Å². The Labute approximate surface area is 134 Å². The first-order chi connectivity index (χ1) is 10.3. The van der Waals surface area contributed by atoms with E-state index in [4.69, 9.17) is 4.74 Å². The smallest absolute Gasteiger partial charge is 0.410 e. The molecule has 0 spiro atoms. The molecule has 1 aliphatic heterocycles. The molecule has 1 saturated heterocycles. The van der Waals surface area contributed by atoms with Gasteiger partial charge in [0.1, 0.15) is 5.60 Å². The van der Waals surface area contributed by atoms with Crippen LogP contribution in [0.3, 0.4) is 0 Å². The highest BCUT2D eigenvalue weighted by atomic mass is 16.6. The Hall–Kier alpha value is -0.810. The highest BCUT2D eigenvalue weighted by molar-refractivity contribution is 5.68. The maximum atomic E-state index is 12.2. The lowest BCUT2D eigenvalue weighted by atomic mass is 9.93. The summed E-state index contributed by atoms with van der Waals surface area (Å²) in [7, 11) is 0. The van der Waals surface area contributed by atoms with Gasteiger partial charge in [0.2, 0.25) is 0 Å². The van der Waals surface area contributed by atoms with Crippen molar-refractivity contribution in [1.82, 2.24) is 10.2 Å². The average Bonchev–Trinajstić information content (AvgIpc) is 2.88. The number of amides is 1. The first kappa shape index (κ1) is 17.5. The molecular formula is C17H32N2O3. The molecule has 0 radical (unpaired) electrons. The SMILES string of the molecule is CC(C)(C)OC(=O)N1CCCC1CCNC1CCC(O)CC1. The summed E-state index contributed by atoms with van der Waals surface area (Å²) in [6.07, 6.45) is 6.79. The van der Waals surface area contributed by atoms with Crippen molar-refractivity contribution in [1.29, 1.82) is 0 Å². The van der Waals surface area contributed by atoms with Crippen LogP contribution in [0.5, 0.6) is 0 Å². The number of ether oxygens (including phenoxy) is 1. The van der Waals surface area contributed by atoms with Crippen LogP contribution in [0.15, 0.2) is 0 Å². The van der Waals surface area contributed by atoms with Crippen LogP contribution in [-0.4, -0.2) is 53.0 Å². The Balaban J connectivity index is 1.71. The second-order valence-electron chi connectivity index (χ2n) is 7.72. The van der Waals surface area contributed by atoms with E-state index < -0.39 is 5.60 Å². The highest BCUT2D eigenvalue weighted by Crippen LogP contribution is 2.23. The fraction of sp³-hybridized carbons (Fsp3) is 0.941. The topological polar surface area (TPSA) is 61.8 Å². The number of carbonyl (C=O) groups excluding carboxylic acids is 1. The Morgan fingerprint density at radius 2 is 1.91 bits per heavy atom. The molecule has 2 N–H and O–H groups in total. The molecule has 0 bridgehead atoms. The summed E-state index contributed by atoms with van der Waals surface area (Å²) in [5, 5.41) is 13.1. The molecule has 1 saturated carbocycles. The van der Waals surface area contributed by atoms with E-state index in [-0.39, 0.29) is 12.2 Å². The number of nitrogens with one attached hydrogen (secondary N) is 1. The largest absolute Gasteiger partial charge is 0.444 e. The van der Waals surface area contributed by atoms with E-state index in [0.717, 1.165) is 58.0 Å². The van der Waals surface area contributed by atoms with Crippen molar-refractivity contribution in [3.63, 3.8) is 0 Å². The molecule has 0 aromatic carbocycles. The molecule has 1 amide bonds. The zero-order chi connectivity index (χ0) is 16.2. The van der Waals surface area contributed by atoms with Crippen LogP contribution in [0.4, 0.5) is 4.79 Å². The van der Waals surface area contributed by atoms with Crippen molar-refractivity contribution in [3.8, 4) is 0 Å². The zero-order valence-electron chi connectivity index (χ0n) is 14.3. The van der Waals surface area contributed by atoms with Crippen LogP contribution in [0.2, 0.25) is 0 Å². The van der Waals surface area contributed by atoms with Crippen molar-refractivity contribution in [2.24, 2.45) is 0 Å². The van der Waals surface area contributed by atoms with Crippen LogP contribution in [0.1, 0.15) is 65.7 Å². The second-order valence-corrected chi connectivity index (χ2v) is 7.72. The van der Waals surface area contributed by atoms with Crippen molar-refractivity contribution in [3.05, 3.63) is 0 Å². The minimum Gasteiger partial charge on any atom is -0.444 e. The Morgan fingerprint density at radius 3 is 2.55 bits per heavy atom. The van der Waals surface area contributed by atoms with Gasteiger partial charge in [-0.15, -0.1) is 0 Å². The second kappa shape index (κ2) is 7.64. The van der Waals surface area contributed by atoms with Gasteiger partial charge in [-0.1, -0.05) is 0 Å². The summed E-state index contributed by atoms with van der Waals surface area (Å²) in [6.45, 7) is 7.49. The molecule has 5 heteroatoms. The fourth-order valence-corrected chi connectivity index (χ4v) is 3.43. The van der Waals surface area contributed by atoms with E-state index in [1.807, 2.05) is 25.7 Å². The number of nitrogens with zero attached hydrogens (tertiary/aromatic N) is 1. The minimum atomic E-state index is -0.425. The maximum Gasteiger partial charge on any atom is 0.410 e. The third kappa shape index (κ3) is 5.43. The summed E-state index contributed by atoms with van der Waals surface area (Å²) in [5.74, 6) is 0. The zero-order valence-corrected chi connectivity index (χ0v) is 14.3. The summed E-state index contributed by atoms with van der Waals surface area (Å²) >= 11 is 0. The Bertz CT molecular complexity index is 359. The lowest BCUT2D eigenvalue weighted by Gasteiger charge is -2.30. The molecule has 2 aliphatic rings. The number of likely N-dealkylation sites (tertiary alicyclic amines) is 1. The number of carbonyl (C=O) groups is 1. The fourth-order valence-electron chi connectivity index (χ4n) is 3.43. The molecule has 2 fully saturated rings. The third-order valence-corrected chi connectivity index (χ3v) is 4.61. The molecule has 128 valence electrons. The molecule has 0 aromatic rings. The van der Waals surface area contributed by atoms with Crippen molar-refractivity contribution >= 4 is 6.09 Å². The van der Waals surface area contributed by atoms with Gasteiger partial charge in [0.05, 0.1) is 6.10 Å². The summed E-state index contributed by atoms with van der Waals surface area (Å²) < 4.78 is 5.50. The maximum absolute atomic E-state index is 12.2. The number of aliphatic hydroxyl groups excluding tert-OH is 1. The molecule has 1 aliphatic carbocycles. The van der Waals surface area contributed by atoms with Crippen molar-refractivity contribution < 1.29 is 14.6 Å². The van der Waals surface area contributed by atoms with Crippen molar-refractivity contribution in [2.75, 3.05) is 13.1 Å². The molecule has 0 aromatic heterocycles. The lowest BCUT2D eigenvalue weighted by Crippen LogP contribution is -2.42. The highest BCUT2D eigenvalue weighted by Gasteiger charge is 2.31. The standard InChI is InChI=1S/C17H32N2O3/c1-17(2,3)22-16(21)19-12-4-5-14(19)10-11-18-13-6-8-15(20)9-7-13/h13-15,18,20H,4-12H2,1-3H3. The van der Waals surface area contributed by atoms with Crippen LogP contribution in [0.25, 0.3) is 0 Å². The number of rotatable bonds is 4. The van der Waals surface area contributed by atoms with Gasteiger partial charge in [-0.05, 0) is 72.3 Å². The molecule has 22 heavy (non-hydrogen) atoms. The molecule has 1 heterocycles. The molecule has 2 rings (SSSR count). The Morgan fingerprint density at radius 1 is 1.23 bits per heavy atom. The van der Waals surface area contributed by atoms with Crippen LogP contribution < -0.4 is 5.32 Å². The lowest BCUT2D eigenvalue weighted by molar-refractivity contribution is 0.0219. The predicted molar refractivity (Wildman–Crippen MR) is 86.8 cm³/mol. The van der Waals surface area contributed by atoms with Crippen LogP contribution >= 0.6 is 0 Å². The van der Waals surface area contributed by atoms with Gasteiger partial charge in [0, 0.05) is 18.6 Å². The van der Waals surface area contributed by atoms with E-state index in [1.54, 1.807) is 0 Å². The minimum absolute atomic E-state index is 0.101. The summed E-state index contributed by atoms with van der Waals surface area (Å²) in [4.78, 5) is 14.1. The predicted octanol–water partition coefficient (Wildman–Crippen LogP) is 2.67. The van der Waals surface area contributed by atoms with E-state index in [0.29, 0.717) is 12.1 Å². The van der Waals surface area contributed by atoms with Gasteiger partial charge in [-0.25, -0.2) is 4.79 Å². The Kier molecular flexibility index (Phi) is 6.09. The number of aliphatic hydroxyl groups is 1. The monoisotopic (exact) mass is 312 g/mol. The quantitative estimate of drug-likeness (QED) is 0.838. The summed E-state index contributed by atoms with van der Waals surface area (Å²) in [6, 6.07) is 0.830. The van der Waals surface area contributed by atoms with Crippen LogP contribution in [0, 0.1) is 0 Å². The van der Waals surface area contributed by atoms with Crippen molar-refractivity contribution in [2.45, 2.75) is 89.5 Å². The van der Waals surface area contributed by atoms with E-state index in [1.165, 1.54) is 0 Å². The summed E-state index contributed by atoms with van der Waals surface area (Å²) in [5.41, 5.74) is -0.425. The van der Waals surface area contributed by atoms with Gasteiger partial charge in [-0.3, -0.25) is 0 Å². The van der Waals surface area contributed by atoms with Gasteiger partial charge >= 0.3 is 6.09 Å². The molecular weight excluding hydrogens is 280 g/mol.